The minimum atomic E-state index is -1.63. The Morgan fingerprint density at radius 3 is 1.45 bits per heavy atom. The highest BCUT2D eigenvalue weighted by molar-refractivity contribution is 5.80. The number of allylic oxidation sites excluding steroid dienone is 21. The van der Waals surface area contributed by atoms with Crippen LogP contribution in [0.25, 0.3) is 0 Å². The molecule has 6 N–H and O–H groups in total. The van der Waals surface area contributed by atoms with Crippen molar-refractivity contribution in [2.24, 2.45) is 0 Å². The molecule has 8 unspecified atom stereocenters. The van der Waals surface area contributed by atoms with Crippen LogP contribution in [0.2, 0.25) is 0 Å². The van der Waals surface area contributed by atoms with E-state index in [1.807, 2.05) is 60.8 Å². The zero-order valence-corrected chi connectivity index (χ0v) is 52.3. The Morgan fingerprint density at radius 2 is 0.928 bits per heavy atom. The van der Waals surface area contributed by atoms with Crippen LogP contribution in [0.4, 0.5) is 0 Å². The Bertz CT molecular complexity index is 1860. The molecule has 0 radical (unpaired) electrons. The van der Waals surface area contributed by atoms with Gasteiger partial charge in [0, 0.05) is 6.42 Å². The Hall–Kier alpha value is -4.20. The number of carbonyl (C=O) groups is 2. The van der Waals surface area contributed by atoms with E-state index in [9.17, 15) is 35.1 Å². The van der Waals surface area contributed by atoms with E-state index < -0.39 is 67.4 Å². The lowest BCUT2D eigenvalue weighted by atomic mass is 9.99. The fourth-order valence-corrected chi connectivity index (χ4v) is 9.52. The second-order valence-electron chi connectivity index (χ2n) is 22.2. The number of aliphatic hydroxyl groups excluding tert-OH is 5. The first kappa shape index (κ1) is 76.8. The molecular formula is C72H119NO10. The van der Waals surface area contributed by atoms with Crippen molar-refractivity contribution in [3.63, 3.8) is 0 Å². The highest BCUT2D eigenvalue weighted by Gasteiger charge is 2.47. The lowest BCUT2D eigenvalue weighted by Gasteiger charge is -2.41. The smallest absolute Gasteiger partial charge is 0.306 e. The van der Waals surface area contributed by atoms with Gasteiger partial charge in [0.15, 0.2) is 12.4 Å². The molecule has 0 aliphatic carbocycles. The van der Waals surface area contributed by atoms with Crippen LogP contribution in [0.5, 0.6) is 0 Å². The molecule has 8 atom stereocenters. The molecule has 1 rings (SSSR count). The molecule has 0 bridgehead atoms. The molecule has 11 nitrogen and oxygen atoms in total. The van der Waals surface area contributed by atoms with Crippen LogP contribution in [0, 0.1) is 0 Å². The summed E-state index contributed by atoms with van der Waals surface area (Å²) in [6.45, 7) is 5.50. The SMILES string of the molecule is CC/C=C\C/C=C\C/C=C\C/C=C\C/C=C\CCCCCCCCCCCCCC(=O)OC1C(OCC(NC(=O)C(O)CCCC/C=C/C=C\C=C/C=C/C=C/CC)C(O)/C=C/CCCCCCCCCCCCC)OC(CO)C(O)C1O. The number of carbonyl (C=O) groups excluding carboxylic acids is 2. The quantitative estimate of drug-likeness (QED) is 0.0149. The van der Waals surface area contributed by atoms with E-state index in [0.29, 0.717) is 12.8 Å². The Kier molecular flexibility index (Phi) is 53.9. The van der Waals surface area contributed by atoms with Crippen molar-refractivity contribution in [2.45, 2.75) is 294 Å². The van der Waals surface area contributed by atoms with Gasteiger partial charge in [-0.25, -0.2) is 0 Å². The monoisotopic (exact) mass is 1160 g/mol. The molecule has 1 fully saturated rings. The number of amides is 1. The van der Waals surface area contributed by atoms with E-state index in [0.717, 1.165) is 109 Å². The van der Waals surface area contributed by atoms with E-state index >= 15 is 0 Å². The van der Waals surface area contributed by atoms with Crippen molar-refractivity contribution in [3.8, 4) is 0 Å². The molecule has 1 saturated heterocycles. The molecule has 0 aromatic heterocycles. The van der Waals surface area contributed by atoms with Crippen molar-refractivity contribution >= 4 is 11.9 Å². The molecule has 83 heavy (non-hydrogen) atoms. The van der Waals surface area contributed by atoms with E-state index in [4.69, 9.17) is 14.2 Å². The van der Waals surface area contributed by atoms with Gasteiger partial charge in [0.25, 0.3) is 0 Å². The molecule has 472 valence electrons. The van der Waals surface area contributed by atoms with E-state index in [2.05, 4.69) is 92.9 Å². The van der Waals surface area contributed by atoms with Gasteiger partial charge in [-0.15, -0.1) is 0 Å². The molecule has 0 saturated carbocycles. The van der Waals surface area contributed by atoms with Crippen molar-refractivity contribution < 1.29 is 49.3 Å². The molecule has 0 aromatic rings. The fraction of sp³-hybridized carbons (Fsp3) is 0.667. The molecule has 1 heterocycles. The average Bonchev–Trinajstić information content (AvgIpc) is 3.61. The third-order valence-electron chi connectivity index (χ3n) is 14.7. The summed E-state index contributed by atoms with van der Waals surface area (Å²) in [5.41, 5.74) is 0. The van der Waals surface area contributed by atoms with Gasteiger partial charge in [0.2, 0.25) is 5.91 Å². The number of rotatable bonds is 54. The van der Waals surface area contributed by atoms with Gasteiger partial charge in [-0.1, -0.05) is 283 Å². The number of aliphatic hydroxyl groups is 5. The summed E-state index contributed by atoms with van der Waals surface area (Å²) in [6.07, 6.45) is 72.1. The first-order valence-electron chi connectivity index (χ1n) is 33.0. The van der Waals surface area contributed by atoms with Gasteiger partial charge in [0.05, 0.1) is 25.4 Å². The van der Waals surface area contributed by atoms with Gasteiger partial charge >= 0.3 is 5.97 Å². The summed E-state index contributed by atoms with van der Waals surface area (Å²) in [7, 11) is 0. The maximum atomic E-state index is 13.4. The first-order chi connectivity index (χ1) is 40.7. The second kappa shape index (κ2) is 58.2. The summed E-state index contributed by atoms with van der Waals surface area (Å²) in [5, 5.41) is 57.0. The largest absolute Gasteiger partial charge is 0.454 e. The topological polar surface area (TPSA) is 175 Å². The van der Waals surface area contributed by atoms with Crippen LogP contribution in [-0.4, -0.2) is 99.6 Å². The highest BCUT2D eigenvalue weighted by atomic mass is 16.7. The van der Waals surface area contributed by atoms with Crippen LogP contribution in [0.1, 0.15) is 245 Å². The third-order valence-corrected chi connectivity index (χ3v) is 14.7. The normalized spacial score (nSPS) is 19.4. The van der Waals surface area contributed by atoms with Crippen LogP contribution in [0.3, 0.4) is 0 Å². The van der Waals surface area contributed by atoms with E-state index in [1.165, 1.54) is 89.9 Å². The minimum absolute atomic E-state index is 0.106. The third kappa shape index (κ3) is 45.8. The van der Waals surface area contributed by atoms with Crippen molar-refractivity contribution in [1.82, 2.24) is 5.32 Å². The summed E-state index contributed by atoms with van der Waals surface area (Å²) in [6, 6.07) is -1.06. The molecule has 0 spiro atoms. The number of hydrogen-bond donors (Lipinski definition) is 6. The van der Waals surface area contributed by atoms with Crippen molar-refractivity contribution in [2.75, 3.05) is 13.2 Å². The molecule has 1 aliphatic rings. The van der Waals surface area contributed by atoms with Gasteiger partial charge in [-0.05, 0) is 89.9 Å². The molecule has 0 aromatic carbocycles. The van der Waals surface area contributed by atoms with Crippen LogP contribution in [-0.2, 0) is 23.8 Å². The van der Waals surface area contributed by atoms with Gasteiger partial charge in [-0.3, -0.25) is 9.59 Å². The van der Waals surface area contributed by atoms with Crippen LogP contribution in [0.15, 0.2) is 134 Å². The molecular weight excluding hydrogens is 1040 g/mol. The predicted octanol–water partition coefficient (Wildman–Crippen LogP) is 16.4. The molecule has 11 heteroatoms. The Labute approximate surface area is 505 Å². The van der Waals surface area contributed by atoms with E-state index in [1.54, 1.807) is 6.08 Å². The fourth-order valence-electron chi connectivity index (χ4n) is 9.52. The van der Waals surface area contributed by atoms with E-state index in [-0.39, 0.29) is 19.4 Å². The summed E-state index contributed by atoms with van der Waals surface area (Å²) in [5.74, 6) is -1.25. The number of unbranched alkanes of at least 4 members (excludes halogenated alkanes) is 24. The Morgan fingerprint density at radius 1 is 0.494 bits per heavy atom. The average molecular weight is 1160 g/mol. The zero-order chi connectivity index (χ0) is 60.3. The van der Waals surface area contributed by atoms with Crippen molar-refractivity contribution in [1.29, 1.82) is 0 Å². The maximum Gasteiger partial charge on any atom is 0.306 e. The number of nitrogens with one attached hydrogen (secondary N) is 1. The summed E-state index contributed by atoms with van der Waals surface area (Å²) in [4.78, 5) is 26.6. The number of ether oxygens (including phenoxy) is 3. The summed E-state index contributed by atoms with van der Waals surface area (Å²) >= 11 is 0. The first-order valence-corrected chi connectivity index (χ1v) is 33.0. The lowest BCUT2D eigenvalue weighted by Crippen LogP contribution is -2.61. The minimum Gasteiger partial charge on any atom is -0.454 e. The number of hydrogen-bond acceptors (Lipinski definition) is 10. The van der Waals surface area contributed by atoms with Gasteiger partial charge in [-0.2, -0.15) is 0 Å². The van der Waals surface area contributed by atoms with Crippen LogP contribution >= 0.6 is 0 Å². The molecule has 1 aliphatic heterocycles. The lowest BCUT2D eigenvalue weighted by molar-refractivity contribution is -0.305. The predicted molar refractivity (Wildman–Crippen MR) is 347 cm³/mol. The van der Waals surface area contributed by atoms with Crippen molar-refractivity contribution in [3.05, 3.63) is 134 Å². The number of esters is 1. The second-order valence-corrected chi connectivity index (χ2v) is 22.2. The molecule has 1 amide bonds. The standard InChI is InChI=1S/C72H119NO10/c1-4-7-10-13-16-19-22-25-27-28-29-30-31-32-33-34-35-36-37-38-39-42-45-48-51-54-57-60-67(77)83-70-69(79)68(78)66(61-74)82-72(70)81-62-63(64(75)58-55-52-49-46-43-40-24-21-18-15-12-9-6-3)73-71(80)65(76)59-56-53-50-47-44-41-26-23-20-17-14-11-8-5-2/h7-8,10-11,14,16-17,19-20,23,25-27,29-30,32-33,41,44,47,55,58,63-66,68-70,72,74-76,78-79H,4-6,9,12-13,15,18,21-22,24,28,31,34-40,42-43,45-46,48-54,56-57,59-62H2,1-3H3,(H,73,80)/b10-7-,11-8+,17-14+,19-16-,23-20-,27-25-,30-29-,33-32-,41-26-,47-44+,58-55+. The van der Waals surface area contributed by atoms with Crippen LogP contribution < -0.4 is 5.32 Å². The summed E-state index contributed by atoms with van der Waals surface area (Å²) < 4.78 is 17.6. The van der Waals surface area contributed by atoms with Gasteiger partial charge in [0.1, 0.15) is 24.4 Å². The van der Waals surface area contributed by atoms with Gasteiger partial charge < -0.3 is 45.1 Å². The highest BCUT2D eigenvalue weighted by Crippen LogP contribution is 2.26. The zero-order valence-electron chi connectivity index (χ0n) is 52.3. The maximum absolute atomic E-state index is 13.4. The Balaban J connectivity index is 2.61.